The van der Waals surface area contributed by atoms with Crippen LogP contribution in [0.25, 0.3) is 61.4 Å². The van der Waals surface area contributed by atoms with Crippen LogP contribution in [0.2, 0.25) is 0 Å². The molecule has 0 aliphatic carbocycles. The van der Waals surface area contributed by atoms with Crippen molar-refractivity contribution in [1.82, 2.24) is 24.5 Å². The first-order valence-electron chi connectivity index (χ1n) is 18.9. The topological polar surface area (TPSA) is 69.6 Å². The SMILES string of the molecule is CC(C)c1cccc(C(C)C)c1-n1c(-c2[c-]ccc3c2oc2ccccc23)nc2cncnc21.[2H]C([2H])([2H])c1c[c-]c(-c2ccc(C([2H])([2H])[2H])cn2)cc1.[Ir]. The monoisotopic (exact) mass is 826 g/mol. The van der Waals surface area contributed by atoms with Gasteiger partial charge in [-0.25, -0.2) is 9.97 Å². The van der Waals surface area contributed by atoms with Crippen LogP contribution in [0, 0.1) is 25.8 Å². The van der Waals surface area contributed by atoms with Crippen molar-refractivity contribution in [3.8, 4) is 28.3 Å². The molecule has 0 N–H and O–H groups in total. The largest absolute Gasteiger partial charge is 0.501 e. The van der Waals surface area contributed by atoms with Gasteiger partial charge in [-0.1, -0.05) is 94.0 Å². The number of benzene rings is 4. The van der Waals surface area contributed by atoms with Crippen LogP contribution in [-0.2, 0) is 20.1 Å². The van der Waals surface area contributed by atoms with Gasteiger partial charge in [-0.05, 0) is 47.1 Å². The second kappa shape index (κ2) is 14.3. The smallest absolute Gasteiger partial charge is 0.158 e. The zero-order valence-electron chi connectivity index (χ0n) is 33.4. The number of aryl methyl sites for hydroxylation is 2. The Morgan fingerprint density at radius 1 is 0.776 bits per heavy atom. The van der Waals surface area contributed by atoms with E-state index < -0.39 is 13.7 Å². The average molecular weight is 826 g/mol. The van der Waals surface area contributed by atoms with Crippen LogP contribution >= 0.6 is 0 Å². The van der Waals surface area contributed by atoms with Gasteiger partial charge in [0.05, 0.1) is 17.6 Å². The summed E-state index contributed by atoms with van der Waals surface area (Å²) < 4.78 is 52.2. The number of nitrogens with zero attached hydrogens (tertiary/aromatic N) is 5. The molecule has 0 amide bonds. The molecular formula is C42H37IrN5O-2. The van der Waals surface area contributed by atoms with Gasteiger partial charge in [0.1, 0.15) is 17.4 Å². The molecule has 247 valence electrons. The fraction of sp³-hybridized carbons (Fsp3) is 0.190. The third kappa shape index (κ3) is 6.57. The van der Waals surface area contributed by atoms with E-state index in [0.717, 1.165) is 50.2 Å². The molecule has 4 aromatic heterocycles. The van der Waals surface area contributed by atoms with Crippen molar-refractivity contribution in [3.63, 3.8) is 0 Å². The minimum Gasteiger partial charge on any atom is -0.501 e. The maximum absolute atomic E-state index is 7.28. The minimum absolute atomic E-state index is 0. The molecule has 0 unspecified atom stereocenters. The zero-order valence-corrected chi connectivity index (χ0v) is 29.8. The molecule has 49 heavy (non-hydrogen) atoms. The van der Waals surface area contributed by atoms with Gasteiger partial charge < -0.3 is 14.0 Å². The van der Waals surface area contributed by atoms with E-state index in [4.69, 9.17) is 17.6 Å². The van der Waals surface area contributed by atoms with Crippen LogP contribution in [0.5, 0.6) is 0 Å². The fourth-order valence-electron chi connectivity index (χ4n) is 5.97. The summed E-state index contributed by atoms with van der Waals surface area (Å²) in [5.74, 6) is 1.41. The molecule has 4 heterocycles. The summed E-state index contributed by atoms with van der Waals surface area (Å²) in [7, 11) is 0. The molecule has 6 nitrogen and oxygen atoms in total. The van der Waals surface area contributed by atoms with Crippen molar-refractivity contribution in [3.05, 3.63) is 138 Å². The molecule has 4 aromatic carbocycles. The Morgan fingerprint density at radius 2 is 1.55 bits per heavy atom. The van der Waals surface area contributed by atoms with Crippen LogP contribution in [-0.4, -0.2) is 24.5 Å². The van der Waals surface area contributed by atoms with Gasteiger partial charge >= 0.3 is 0 Å². The van der Waals surface area contributed by atoms with Crippen LogP contribution in [0.4, 0.5) is 0 Å². The van der Waals surface area contributed by atoms with Crippen molar-refractivity contribution in [1.29, 1.82) is 0 Å². The number of hydrogen-bond acceptors (Lipinski definition) is 5. The molecule has 7 heteroatoms. The van der Waals surface area contributed by atoms with E-state index in [9.17, 15) is 0 Å². The van der Waals surface area contributed by atoms with Crippen LogP contribution in [0.3, 0.4) is 0 Å². The summed E-state index contributed by atoms with van der Waals surface area (Å²) in [6.45, 7) is 4.56. The molecule has 0 atom stereocenters. The Labute approximate surface area is 309 Å². The summed E-state index contributed by atoms with van der Waals surface area (Å²) in [4.78, 5) is 18.0. The summed E-state index contributed by atoms with van der Waals surface area (Å²) in [6.07, 6.45) is 4.66. The zero-order chi connectivity index (χ0) is 38.4. The second-order valence-electron chi connectivity index (χ2n) is 12.2. The first-order valence-corrected chi connectivity index (χ1v) is 15.9. The van der Waals surface area contributed by atoms with Gasteiger partial charge in [0.2, 0.25) is 0 Å². The number of hydrogen-bond donors (Lipinski definition) is 0. The van der Waals surface area contributed by atoms with E-state index in [1.807, 2.05) is 24.3 Å². The Kier molecular flexibility index (Phi) is 7.83. The summed E-state index contributed by atoms with van der Waals surface area (Å²) in [5, 5.41) is 2.14. The molecule has 1 radical (unpaired) electrons. The van der Waals surface area contributed by atoms with Gasteiger partial charge in [-0.3, -0.25) is 4.98 Å². The quantitative estimate of drug-likeness (QED) is 0.162. The van der Waals surface area contributed by atoms with Crippen molar-refractivity contribution < 1.29 is 32.7 Å². The number of pyridine rings is 1. The van der Waals surface area contributed by atoms with Crippen LogP contribution < -0.4 is 0 Å². The van der Waals surface area contributed by atoms with E-state index in [1.165, 1.54) is 35.5 Å². The Balaban J connectivity index is 0.000000211. The van der Waals surface area contributed by atoms with Gasteiger partial charge in [0.25, 0.3) is 0 Å². The Bertz CT molecular complexity index is 2510. The molecule has 0 fully saturated rings. The molecule has 0 aliphatic heterocycles. The standard InChI is InChI=1S/C29H25N4O.C13H12N.Ir/c1-17(2)19-10-7-11-20(18(3)4)26(19)33-28(32-24-15-30-16-31-29(24)33)23-13-8-12-22-21-9-5-6-14-25(21)34-27(22)23;1-10-3-6-12(7-4-10)13-8-5-11(2)9-14-13;/h5-12,14-18H,1-4H3;3-6,8-9H,1-2H3;/q2*-1;/i;1D3,2D3;. The summed E-state index contributed by atoms with van der Waals surface area (Å²) in [6, 6.07) is 32.5. The third-order valence-electron chi connectivity index (χ3n) is 8.30. The number of fused-ring (bicyclic) bond motifs is 4. The number of rotatable bonds is 5. The number of imidazole rings is 1. The van der Waals surface area contributed by atoms with Gasteiger partial charge in [0.15, 0.2) is 5.65 Å². The minimum atomic E-state index is -2.18. The fourth-order valence-corrected chi connectivity index (χ4v) is 5.97. The summed E-state index contributed by atoms with van der Waals surface area (Å²) in [5.41, 5.74) is 9.15. The van der Waals surface area contributed by atoms with Crippen molar-refractivity contribution in [2.75, 3.05) is 0 Å². The second-order valence-corrected chi connectivity index (χ2v) is 12.2. The van der Waals surface area contributed by atoms with E-state index in [2.05, 4.69) is 89.7 Å². The van der Waals surface area contributed by atoms with Crippen molar-refractivity contribution >= 4 is 33.1 Å². The van der Waals surface area contributed by atoms with E-state index in [-0.39, 0.29) is 31.2 Å². The van der Waals surface area contributed by atoms with E-state index in [0.29, 0.717) is 23.1 Å². The van der Waals surface area contributed by atoms with Crippen LogP contribution in [0.15, 0.2) is 108 Å². The van der Waals surface area contributed by atoms with Crippen molar-refractivity contribution in [2.24, 2.45) is 0 Å². The average Bonchev–Trinajstić information content (AvgIpc) is 3.73. The van der Waals surface area contributed by atoms with E-state index in [1.54, 1.807) is 24.7 Å². The molecular weight excluding hydrogens is 783 g/mol. The third-order valence-corrected chi connectivity index (χ3v) is 8.30. The number of aromatic nitrogens is 5. The first-order chi connectivity index (χ1) is 25.7. The predicted octanol–water partition coefficient (Wildman–Crippen LogP) is 10.6. The maximum atomic E-state index is 7.28. The molecule has 0 saturated carbocycles. The predicted molar refractivity (Wildman–Crippen MR) is 194 cm³/mol. The van der Waals surface area contributed by atoms with Gasteiger partial charge in [-0.15, -0.1) is 53.6 Å². The van der Waals surface area contributed by atoms with Gasteiger partial charge in [-0.2, -0.15) is 0 Å². The molecule has 0 spiro atoms. The Morgan fingerprint density at radius 3 is 2.24 bits per heavy atom. The molecule has 8 rings (SSSR count). The van der Waals surface area contributed by atoms with Gasteiger partial charge in [0, 0.05) is 45.6 Å². The molecule has 0 bridgehead atoms. The number of furan rings is 1. The van der Waals surface area contributed by atoms with Crippen LogP contribution in [0.1, 0.15) is 70.0 Å². The first kappa shape index (κ1) is 26.9. The van der Waals surface area contributed by atoms with E-state index >= 15 is 0 Å². The van der Waals surface area contributed by atoms with Crippen molar-refractivity contribution in [2.45, 2.75) is 53.2 Å². The normalized spacial score (nSPS) is 13.6. The molecule has 0 aliphatic rings. The molecule has 0 saturated heterocycles. The summed E-state index contributed by atoms with van der Waals surface area (Å²) >= 11 is 0. The number of para-hydroxylation sites is 2. The Hall–Kier alpha value is -4.97. The molecule has 8 aromatic rings. The maximum Gasteiger partial charge on any atom is 0.158 e.